The maximum absolute atomic E-state index is 11.2. The lowest BCUT2D eigenvalue weighted by atomic mass is 10.1. The second kappa shape index (κ2) is 4.77. The average Bonchev–Trinajstić information content (AvgIpc) is 3.15. The van der Waals surface area contributed by atoms with E-state index in [0.29, 0.717) is 11.1 Å². The van der Waals surface area contributed by atoms with Gasteiger partial charge in [0.15, 0.2) is 5.58 Å². The smallest absolute Gasteiger partial charge is 0.408 e. The van der Waals surface area contributed by atoms with Crippen LogP contribution in [0.4, 0.5) is 5.82 Å². The maximum Gasteiger partial charge on any atom is 0.417 e. The Hall–Kier alpha value is -2.56. The monoisotopic (exact) mass is 281 g/mol. The molecule has 1 N–H and O–H groups in total. The molecule has 3 heterocycles. The third kappa shape index (κ3) is 2.20. The van der Waals surface area contributed by atoms with E-state index in [2.05, 4.69) is 27.0 Å². The normalized spacial score (nSPS) is 15.0. The van der Waals surface area contributed by atoms with Gasteiger partial charge in [-0.25, -0.2) is 9.78 Å². The van der Waals surface area contributed by atoms with Gasteiger partial charge in [0.05, 0.1) is 5.52 Å². The zero-order chi connectivity index (χ0) is 14.2. The number of aromatic amines is 1. The van der Waals surface area contributed by atoms with Crippen LogP contribution >= 0.6 is 0 Å². The van der Waals surface area contributed by atoms with Gasteiger partial charge in [0.25, 0.3) is 0 Å². The van der Waals surface area contributed by atoms with Crippen LogP contribution in [0.2, 0.25) is 0 Å². The molecule has 0 amide bonds. The van der Waals surface area contributed by atoms with Crippen molar-refractivity contribution < 1.29 is 4.42 Å². The Labute approximate surface area is 121 Å². The number of pyridine rings is 1. The van der Waals surface area contributed by atoms with Gasteiger partial charge in [-0.05, 0) is 42.7 Å². The van der Waals surface area contributed by atoms with Gasteiger partial charge in [-0.2, -0.15) is 0 Å². The summed E-state index contributed by atoms with van der Waals surface area (Å²) < 4.78 is 5.10. The van der Waals surface area contributed by atoms with Crippen molar-refractivity contribution in [3.63, 3.8) is 0 Å². The summed E-state index contributed by atoms with van der Waals surface area (Å²) in [6.45, 7) is 2.18. The number of hydrogen-bond acceptors (Lipinski definition) is 4. The molecule has 1 aromatic carbocycles. The Morgan fingerprint density at radius 2 is 1.90 bits per heavy atom. The Kier molecular flexibility index (Phi) is 2.77. The number of anilines is 1. The number of nitrogens with zero attached hydrogens (tertiary/aromatic N) is 2. The molecule has 21 heavy (non-hydrogen) atoms. The molecule has 1 aliphatic heterocycles. The minimum absolute atomic E-state index is 0.426. The summed E-state index contributed by atoms with van der Waals surface area (Å²) in [6.07, 6.45) is 4.36. The van der Waals surface area contributed by atoms with Crippen molar-refractivity contribution in [2.75, 3.05) is 18.0 Å². The second-order valence-electron chi connectivity index (χ2n) is 5.32. The van der Waals surface area contributed by atoms with E-state index in [1.54, 1.807) is 0 Å². The Morgan fingerprint density at radius 3 is 2.67 bits per heavy atom. The van der Waals surface area contributed by atoms with Crippen molar-refractivity contribution in [3.05, 3.63) is 47.1 Å². The Balaban J connectivity index is 1.68. The standard InChI is InChI=1S/C16H15N3O2/c20-16-18-13-5-3-11(9-14(13)21-16)12-4-6-15(17-10-12)19-7-1-2-8-19/h3-6,9-10H,1-2,7-8H2,(H,18,20). The summed E-state index contributed by atoms with van der Waals surface area (Å²) in [5.74, 6) is 0.607. The molecule has 3 aromatic rings. The number of aromatic nitrogens is 2. The highest BCUT2D eigenvalue weighted by Crippen LogP contribution is 2.25. The molecule has 0 bridgehead atoms. The van der Waals surface area contributed by atoms with Crippen LogP contribution in [-0.2, 0) is 0 Å². The lowest BCUT2D eigenvalue weighted by molar-refractivity contribution is 0.555. The van der Waals surface area contributed by atoms with Crippen LogP contribution in [0.25, 0.3) is 22.2 Å². The summed E-state index contributed by atoms with van der Waals surface area (Å²) in [5, 5.41) is 0. The molecule has 0 saturated carbocycles. The molecule has 1 aliphatic rings. The van der Waals surface area contributed by atoms with Gasteiger partial charge in [-0.1, -0.05) is 6.07 Å². The molecule has 0 radical (unpaired) electrons. The quantitative estimate of drug-likeness (QED) is 0.784. The number of oxazole rings is 1. The minimum Gasteiger partial charge on any atom is -0.408 e. The topological polar surface area (TPSA) is 62.1 Å². The fourth-order valence-electron chi connectivity index (χ4n) is 2.82. The number of benzene rings is 1. The Morgan fingerprint density at radius 1 is 1.10 bits per heavy atom. The molecular weight excluding hydrogens is 266 g/mol. The van der Waals surface area contributed by atoms with Gasteiger partial charge >= 0.3 is 5.76 Å². The molecule has 1 fully saturated rings. The van der Waals surface area contributed by atoms with Gasteiger partial charge in [-0.3, -0.25) is 4.98 Å². The van der Waals surface area contributed by atoms with Crippen LogP contribution in [0.3, 0.4) is 0 Å². The van der Waals surface area contributed by atoms with E-state index in [4.69, 9.17) is 4.42 Å². The van der Waals surface area contributed by atoms with Crippen molar-refractivity contribution >= 4 is 16.9 Å². The number of nitrogens with one attached hydrogen (secondary N) is 1. The van der Waals surface area contributed by atoms with Crippen LogP contribution in [0, 0.1) is 0 Å². The summed E-state index contributed by atoms with van der Waals surface area (Å²) in [5.41, 5.74) is 3.29. The fourth-order valence-corrected chi connectivity index (χ4v) is 2.82. The maximum atomic E-state index is 11.2. The lowest BCUT2D eigenvalue weighted by Gasteiger charge is -2.16. The molecule has 0 unspecified atom stereocenters. The first-order chi connectivity index (χ1) is 10.3. The molecular formula is C16H15N3O2. The van der Waals surface area contributed by atoms with Crippen molar-refractivity contribution in [1.82, 2.24) is 9.97 Å². The first kappa shape index (κ1) is 12.2. The summed E-state index contributed by atoms with van der Waals surface area (Å²) in [6, 6.07) is 9.79. The highest BCUT2D eigenvalue weighted by atomic mass is 16.4. The predicted molar refractivity (Wildman–Crippen MR) is 81.5 cm³/mol. The van der Waals surface area contributed by atoms with Crippen LogP contribution in [0.15, 0.2) is 45.7 Å². The third-order valence-electron chi connectivity index (χ3n) is 3.93. The second-order valence-corrected chi connectivity index (χ2v) is 5.32. The number of fused-ring (bicyclic) bond motifs is 1. The number of hydrogen-bond donors (Lipinski definition) is 1. The zero-order valence-corrected chi connectivity index (χ0v) is 11.5. The molecule has 4 rings (SSSR count). The van der Waals surface area contributed by atoms with E-state index in [0.717, 1.165) is 30.0 Å². The lowest BCUT2D eigenvalue weighted by Crippen LogP contribution is -2.18. The highest BCUT2D eigenvalue weighted by Gasteiger charge is 2.13. The van der Waals surface area contributed by atoms with E-state index < -0.39 is 5.76 Å². The molecule has 0 aliphatic carbocycles. The molecule has 1 saturated heterocycles. The van der Waals surface area contributed by atoms with Crippen molar-refractivity contribution in [1.29, 1.82) is 0 Å². The molecule has 0 spiro atoms. The predicted octanol–water partition coefficient (Wildman–Crippen LogP) is 2.78. The molecule has 5 nitrogen and oxygen atoms in total. The Bertz CT molecular complexity index is 827. The SMILES string of the molecule is O=c1[nH]c2ccc(-c3ccc(N4CCCC4)nc3)cc2o1. The largest absolute Gasteiger partial charge is 0.417 e. The average molecular weight is 281 g/mol. The first-order valence-electron chi connectivity index (χ1n) is 7.14. The van der Waals surface area contributed by atoms with Gasteiger partial charge in [0.1, 0.15) is 5.82 Å². The van der Waals surface area contributed by atoms with Gasteiger partial charge in [0.2, 0.25) is 0 Å². The highest BCUT2D eigenvalue weighted by molar-refractivity contribution is 5.79. The van der Waals surface area contributed by atoms with Gasteiger partial charge in [-0.15, -0.1) is 0 Å². The summed E-state index contributed by atoms with van der Waals surface area (Å²) in [4.78, 5) is 20.7. The zero-order valence-electron chi connectivity index (χ0n) is 11.5. The van der Waals surface area contributed by atoms with E-state index >= 15 is 0 Å². The van der Waals surface area contributed by atoms with Crippen LogP contribution in [0.1, 0.15) is 12.8 Å². The molecule has 2 aromatic heterocycles. The first-order valence-corrected chi connectivity index (χ1v) is 7.14. The van der Waals surface area contributed by atoms with Crippen molar-refractivity contribution in [2.24, 2.45) is 0 Å². The number of rotatable bonds is 2. The van der Waals surface area contributed by atoms with Crippen LogP contribution in [-0.4, -0.2) is 23.1 Å². The van der Waals surface area contributed by atoms with Crippen molar-refractivity contribution in [3.8, 4) is 11.1 Å². The van der Waals surface area contributed by atoms with Crippen LogP contribution < -0.4 is 10.7 Å². The number of H-pyrrole nitrogens is 1. The minimum atomic E-state index is -0.426. The van der Waals surface area contributed by atoms with Crippen molar-refractivity contribution in [2.45, 2.75) is 12.8 Å². The van der Waals surface area contributed by atoms with E-state index in [1.165, 1.54) is 12.8 Å². The van der Waals surface area contributed by atoms with Gasteiger partial charge < -0.3 is 9.32 Å². The molecule has 106 valence electrons. The van der Waals surface area contributed by atoms with E-state index in [-0.39, 0.29) is 0 Å². The summed E-state index contributed by atoms with van der Waals surface area (Å²) in [7, 11) is 0. The fraction of sp³-hybridized carbons (Fsp3) is 0.250. The molecule has 0 atom stereocenters. The summed E-state index contributed by atoms with van der Waals surface area (Å²) >= 11 is 0. The molecule has 5 heteroatoms. The van der Waals surface area contributed by atoms with E-state index in [1.807, 2.05) is 24.4 Å². The van der Waals surface area contributed by atoms with E-state index in [9.17, 15) is 4.79 Å². The third-order valence-corrected chi connectivity index (χ3v) is 3.93. The van der Waals surface area contributed by atoms with Crippen LogP contribution in [0.5, 0.6) is 0 Å². The van der Waals surface area contributed by atoms with Gasteiger partial charge in [0, 0.05) is 24.8 Å².